The average molecular weight is 761 g/mol. The van der Waals surface area contributed by atoms with Gasteiger partial charge in [-0.05, 0) is 178 Å². The van der Waals surface area contributed by atoms with E-state index in [0.29, 0.717) is 0 Å². The lowest BCUT2D eigenvalue weighted by Crippen LogP contribution is -2.49. The standard InChI is InChI=1S/C54H84Si/c1-33(2)27-39-31-45-47(29-37-15-13-17-43(37)49(45)35-19-23-41(24-20-35)53(5,6)7)51(39)55(11,12)52-40(28-34(3)4)32-46-48(52)30-38-16-14-18-44(38)50(46)36-21-25-42(26-22-36)54(8,9)10/h19-26,33-34,37-40,43-52H,13-18,27-32H2,1-12H3. The molecule has 0 bridgehead atoms. The van der Waals surface area contributed by atoms with Gasteiger partial charge in [0.05, 0.1) is 8.07 Å². The molecule has 6 aliphatic rings. The summed E-state index contributed by atoms with van der Waals surface area (Å²) in [5.74, 6) is 12.6. The monoisotopic (exact) mass is 761 g/mol. The van der Waals surface area contributed by atoms with Crippen LogP contribution in [0.4, 0.5) is 0 Å². The normalized spacial score (nSPS) is 39.0. The molecule has 0 N–H and O–H groups in total. The van der Waals surface area contributed by atoms with Gasteiger partial charge in [0, 0.05) is 0 Å². The van der Waals surface area contributed by atoms with Crippen LogP contribution < -0.4 is 0 Å². The van der Waals surface area contributed by atoms with Crippen molar-refractivity contribution in [2.45, 2.75) is 193 Å². The summed E-state index contributed by atoms with van der Waals surface area (Å²) in [4.78, 5) is 0. The van der Waals surface area contributed by atoms with Crippen molar-refractivity contribution in [3.05, 3.63) is 70.8 Å². The van der Waals surface area contributed by atoms with E-state index in [0.717, 1.165) is 93.9 Å². The SMILES string of the molecule is CC(C)CC1CC2C(CC3CCCC3C2c2ccc(C(C)(C)C)cc2)C1[Si](C)(C)C1C(CC(C)C)CC2C1CC1CCCC1C2c1ccc(C(C)(C)C)cc1. The Balaban J connectivity index is 1.18. The fraction of sp³-hybridized carbons (Fsp3) is 0.778. The van der Waals surface area contributed by atoms with Gasteiger partial charge < -0.3 is 0 Å². The molecule has 14 atom stereocenters. The van der Waals surface area contributed by atoms with Crippen molar-refractivity contribution >= 4 is 8.07 Å². The smallest absolute Gasteiger partial charge is 0.0547 e. The van der Waals surface area contributed by atoms with Crippen molar-refractivity contribution in [1.82, 2.24) is 0 Å². The first-order valence-electron chi connectivity index (χ1n) is 24.1. The van der Waals surface area contributed by atoms with E-state index < -0.39 is 8.07 Å². The van der Waals surface area contributed by atoms with Crippen LogP contribution in [0, 0.1) is 71.0 Å². The third kappa shape index (κ3) is 7.45. The highest BCUT2D eigenvalue weighted by atomic mass is 28.3. The van der Waals surface area contributed by atoms with Crippen LogP contribution in [-0.2, 0) is 10.8 Å². The van der Waals surface area contributed by atoms with Gasteiger partial charge >= 0.3 is 0 Å². The lowest BCUT2D eigenvalue weighted by Gasteiger charge is -2.52. The van der Waals surface area contributed by atoms with Crippen LogP contribution in [-0.4, -0.2) is 8.07 Å². The van der Waals surface area contributed by atoms with Crippen LogP contribution >= 0.6 is 0 Å². The molecule has 2 aromatic rings. The molecule has 8 rings (SSSR count). The number of hydrogen-bond acceptors (Lipinski definition) is 0. The minimum Gasteiger partial charge on any atom is -0.0689 e. The van der Waals surface area contributed by atoms with Gasteiger partial charge in [-0.2, -0.15) is 0 Å². The lowest BCUT2D eigenvalue weighted by molar-refractivity contribution is 0.115. The topological polar surface area (TPSA) is 0 Å². The first-order chi connectivity index (χ1) is 25.9. The second kappa shape index (κ2) is 15.0. The zero-order valence-corrected chi connectivity index (χ0v) is 38.8. The second-order valence-corrected chi connectivity index (χ2v) is 29.7. The Kier molecular flexibility index (Phi) is 11.1. The molecule has 0 saturated heterocycles. The quantitative estimate of drug-likeness (QED) is 0.235. The molecule has 14 unspecified atom stereocenters. The number of benzene rings is 2. The van der Waals surface area contributed by atoms with Crippen molar-refractivity contribution in [2.75, 3.05) is 0 Å². The molecule has 2 aromatic carbocycles. The van der Waals surface area contributed by atoms with Crippen LogP contribution in [0.5, 0.6) is 0 Å². The zero-order valence-electron chi connectivity index (χ0n) is 37.8. The van der Waals surface area contributed by atoms with E-state index in [-0.39, 0.29) is 10.8 Å². The van der Waals surface area contributed by atoms with Crippen molar-refractivity contribution in [1.29, 1.82) is 0 Å². The van der Waals surface area contributed by atoms with Crippen LogP contribution in [0.2, 0.25) is 24.2 Å². The maximum absolute atomic E-state index is 3.04. The molecule has 0 spiro atoms. The molecule has 1 heteroatoms. The summed E-state index contributed by atoms with van der Waals surface area (Å²) >= 11 is 0. The molecule has 6 aliphatic carbocycles. The molecule has 0 heterocycles. The Bertz CT molecular complexity index is 1480. The minimum atomic E-state index is -1.73. The molecule has 0 radical (unpaired) electrons. The van der Waals surface area contributed by atoms with Gasteiger partial charge in [0.1, 0.15) is 0 Å². The molecule has 0 aliphatic heterocycles. The number of fused-ring (bicyclic) bond motifs is 4. The Hall–Kier alpha value is -1.34. The second-order valence-electron chi connectivity index (χ2n) is 24.8. The lowest BCUT2D eigenvalue weighted by atomic mass is 9.61. The van der Waals surface area contributed by atoms with Gasteiger partial charge in [-0.3, -0.25) is 0 Å². The highest BCUT2D eigenvalue weighted by Crippen LogP contribution is 2.72. The summed E-state index contributed by atoms with van der Waals surface area (Å²) in [5.41, 5.74) is 8.91. The van der Waals surface area contributed by atoms with Crippen molar-refractivity contribution in [3.8, 4) is 0 Å². The molecule has 6 saturated carbocycles. The van der Waals surface area contributed by atoms with Gasteiger partial charge in [-0.25, -0.2) is 0 Å². The molecule has 0 nitrogen and oxygen atoms in total. The maximum Gasteiger partial charge on any atom is 0.0547 e. The molecular weight excluding hydrogens is 677 g/mol. The fourth-order valence-electron chi connectivity index (χ4n) is 16.7. The van der Waals surface area contributed by atoms with E-state index in [9.17, 15) is 0 Å². The first-order valence-corrected chi connectivity index (χ1v) is 27.3. The summed E-state index contributed by atoms with van der Waals surface area (Å²) < 4.78 is 0. The number of hydrogen-bond donors (Lipinski definition) is 0. The van der Waals surface area contributed by atoms with Gasteiger partial charge in [-0.15, -0.1) is 0 Å². The van der Waals surface area contributed by atoms with Gasteiger partial charge in [-0.1, -0.05) is 157 Å². The van der Waals surface area contributed by atoms with Crippen molar-refractivity contribution in [2.24, 2.45) is 71.0 Å². The van der Waals surface area contributed by atoms with Gasteiger partial charge in [0.2, 0.25) is 0 Å². The zero-order chi connectivity index (χ0) is 39.2. The predicted molar refractivity (Wildman–Crippen MR) is 241 cm³/mol. The Morgan fingerprint density at radius 2 is 0.855 bits per heavy atom. The largest absolute Gasteiger partial charge is 0.0689 e. The molecule has 0 aromatic heterocycles. The third-order valence-corrected chi connectivity index (χ3v) is 23.4. The van der Waals surface area contributed by atoms with E-state index in [1.807, 2.05) is 0 Å². The molecule has 6 fully saturated rings. The van der Waals surface area contributed by atoms with E-state index in [1.54, 1.807) is 24.0 Å². The highest BCUT2D eigenvalue weighted by Gasteiger charge is 2.64. The van der Waals surface area contributed by atoms with E-state index in [2.05, 4.69) is 131 Å². The van der Waals surface area contributed by atoms with E-state index in [1.165, 1.54) is 75.3 Å². The number of rotatable bonds is 8. The summed E-state index contributed by atoms with van der Waals surface area (Å²) in [6.45, 7) is 30.7. The Morgan fingerprint density at radius 3 is 1.18 bits per heavy atom. The fourth-order valence-corrected chi connectivity index (χ4v) is 23.1. The van der Waals surface area contributed by atoms with Gasteiger partial charge in [0.15, 0.2) is 0 Å². The van der Waals surface area contributed by atoms with E-state index >= 15 is 0 Å². The Labute approximate surface area is 341 Å². The predicted octanol–water partition coefficient (Wildman–Crippen LogP) is 15.8. The summed E-state index contributed by atoms with van der Waals surface area (Å²) in [7, 11) is -1.73. The van der Waals surface area contributed by atoms with Crippen LogP contribution in [0.3, 0.4) is 0 Å². The van der Waals surface area contributed by atoms with E-state index in [4.69, 9.17) is 0 Å². The van der Waals surface area contributed by atoms with Crippen molar-refractivity contribution < 1.29 is 0 Å². The summed E-state index contributed by atoms with van der Waals surface area (Å²) in [6.07, 6.45) is 18.1. The van der Waals surface area contributed by atoms with Crippen LogP contribution in [0.15, 0.2) is 48.5 Å². The molecular formula is C54H84Si. The highest BCUT2D eigenvalue weighted by molar-refractivity contribution is 6.80. The van der Waals surface area contributed by atoms with Crippen LogP contribution in [0.25, 0.3) is 0 Å². The average Bonchev–Trinajstić information content (AvgIpc) is 3.90. The first kappa shape index (κ1) is 40.4. The molecule has 0 amide bonds. The maximum atomic E-state index is 3.04. The van der Waals surface area contributed by atoms with Gasteiger partial charge in [0.25, 0.3) is 0 Å². The Morgan fingerprint density at radius 1 is 0.491 bits per heavy atom. The summed E-state index contributed by atoms with van der Waals surface area (Å²) in [5, 5.41) is 0. The third-order valence-electron chi connectivity index (χ3n) is 18.2. The van der Waals surface area contributed by atoms with Crippen molar-refractivity contribution in [3.63, 3.8) is 0 Å². The minimum absolute atomic E-state index is 0.220. The summed E-state index contributed by atoms with van der Waals surface area (Å²) in [6, 6.07) is 20.6. The molecule has 55 heavy (non-hydrogen) atoms. The molecule has 304 valence electrons. The van der Waals surface area contributed by atoms with Crippen LogP contribution in [0.1, 0.15) is 180 Å².